The number of carbonyl (C=O) groups is 1. The molecule has 0 aliphatic carbocycles. The third-order valence-electron chi connectivity index (χ3n) is 2.40. The molecule has 0 aliphatic heterocycles. The number of hydrogen-bond acceptors (Lipinski definition) is 2. The van der Waals surface area contributed by atoms with Crippen LogP contribution < -0.4 is 4.74 Å². The fourth-order valence-corrected chi connectivity index (χ4v) is 1.46. The molecule has 0 bridgehead atoms. The second-order valence-corrected chi connectivity index (χ2v) is 3.80. The van der Waals surface area contributed by atoms with Crippen molar-refractivity contribution in [1.29, 1.82) is 0 Å². The van der Waals surface area contributed by atoms with Crippen LogP contribution in [0.5, 0.6) is 5.75 Å². The largest absolute Gasteiger partial charge is 0.423 e. The molecule has 0 aliphatic rings. The SMILES string of the molecule is Cc1ccc(OC(=O)c2c(F)cccc2F)cc1. The average Bonchev–Trinajstić information content (AvgIpc) is 2.32. The van der Waals surface area contributed by atoms with E-state index in [0.717, 1.165) is 17.7 Å². The van der Waals surface area contributed by atoms with Crippen LogP contribution in [0.25, 0.3) is 0 Å². The molecule has 0 spiro atoms. The van der Waals surface area contributed by atoms with Gasteiger partial charge in [0.2, 0.25) is 0 Å². The topological polar surface area (TPSA) is 26.3 Å². The van der Waals surface area contributed by atoms with Crippen molar-refractivity contribution in [2.24, 2.45) is 0 Å². The van der Waals surface area contributed by atoms with Gasteiger partial charge in [-0.3, -0.25) is 0 Å². The Labute approximate surface area is 103 Å². The van der Waals surface area contributed by atoms with Crippen molar-refractivity contribution in [3.63, 3.8) is 0 Å². The van der Waals surface area contributed by atoms with E-state index in [-0.39, 0.29) is 5.75 Å². The van der Waals surface area contributed by atoms with E-state index >= 15 is 0 Å². The summed E-state index contributed by atoms with van der Waals surface area (Å²) in [7, 11) is 0. The lowest BCUT2D eigenvalue weighted by atomic mass is 10.2. The molecule has 0 aromatic heterocycles. The zero-order chi connectivity index (χ0) is 13.1. The van der Waals surface area contributed by atoms with Gasteiger partial charge in [0.15, 0.2) is 0 Å². The van der Waals surface area contributed by atoms with E-state index in [4.69, 9.17) is 4.74 Å². The molecule has 0 radical (unpaired) electrons. The van der Waals surface area contributed by atoms with Gasteiger partial charge in [0, 0.05) is 0 Å². The lowest BCUT2D eigenvalue weighted by molar-refractivity contribution is 0.0724. The summed E-state index contributed by atoms with van der Waals surface area (Å²) in [6.45, 7) is 1.88. The second kappa shape index (κ2) is 4.96. The van der Waals surface area contributed by atoms with Crippen LogP contribution in [0.2, 0.25) is 0 Å². The van der Waals surface area contributed by atoms with Crippen LogP contribution in [0.3, 0.4) is 0 Å². The molecule has 0 fully saturated rings. The number of halogens is 2. The first-order valence-corrected chi connectivity index (χ1v) is 5.31. The van der Waals surface area contributed by atoms with E-state index in [1.165, 1.54) is 6.07 Å². The lowest BCUT2D eigenvalue weighted by Gasteiger charge is -2.06. The molecule has 0 unspecified atom stereocenters. The maximum absolute atomic E-state index is 13.3. The minimum Gasteiger partial charge on any atom is -0.423 e. The van der Waals surface area contributed by atoms with Crippen molar-refractivity contribution < 1.29 is 18.3 Å². The van der Waals surface area contributed by atoms with Gasteiger partial charge < -0.3 is 4.74 Å². The third-order valence-corrected chi connectivity index (χ3v) is 2.40. The van der Waals surface area contributed by atoms with Crippen molar-refractivity contribution in [2.75, 3.05) is 0 Å². The van der Waals surface area contributed by atoms with Crippen LogP contribution in [-0.2, 0) is 0 Å². The summed E-state index contributed by atoms with van der Waals surface area (Å²) in [6, 6.07) is 9.80. The Morgan fingerprint density at radius 2 is 1.56 bits per heavy atom. The Balaban J connectivity index is 2.25. The minimum absolute atomic E-state index is 0.244. The summed E-state index contributed by atoms with van der Waals surface area (Å²) >= 11 is 0. The zero-order valence-corrected chi connectivity index (χ0v) is 9.61. The summed E-state index contributed by atoms with van der Waals surface area (Å²) in [5.41, 5.74) is 0.310. The predicted octanol–water partition coefficient (Wildman–Crippen LogP) is 3.49. The van der Waals surface area contributed by atoms with E-state index in [9.17, 15) is 13.6 Å². The molecule has 2 aromatic rings. The average molecular weight is 248 g/mol. The van der Waals surface area contributed by atoms with Crippen molar-refractivity contribution >= 4 is 5.97 Å². The summed E-state index contributed by atoms with van der Waals surface area (Å²) in [5.74, 6) is -2.68. The summed E-state index contributed by atoms with van der Waals surface area (Å²) in [5, 5.41) is 0. The fraction of sp³-hybridized carbons (Fsp3) is 0.0714. The highest BCUT2D eigenvalue weighted by Gasteiger charge is 2.18. The number of benzene rings is 2. The van der Waals surface area contributed by atoms with Crippen molar-refractivity contribution in [2.45, 2.75) is 6.92 Å². The molecule has 2 aromatic carbocycles. The quantitative estimate of drug-likeness (QED) is 0.600. The maximum Gasteiger partial charge on any atom is 0.349 e. The normalized spacial score (nSPS) is 10.2. The van der Waals surface area contributed by atoms with Crippen LogP contribution in [0.1, 0.15) is 15.9 Å². The Morgan fingerprint density at radius 1 is 1.00 bits per heavy atom. The van der Waals surface area contributed by atoms with E-state index in [0.29, 0.717) is 0 Å². The Kier molecular flexibility index (Phi) is 3.37. The highest BCUT2D eigenvalue weighted by atomic mass is 19.1. The molecular weight excluding hydrogens is 238 g/mol. The number of carbonyl (C=O) groups excluding carboxylic acids is 1. The van der Waals surface area contributed by atoms with Gasteiger partial charge in [-0.2, -0.15) is 0 Å². The predicted molar refractivity (Wildman–Crippen MR) is 62.5 cm³/mol. The van der Waals surface area contributed by atoms with Gasteiger partial charge in [-0.05, 0) is 31.2 Å². The Morgan fingerprint density at radius 3 is 2.11 bits per heavy atom. The molecule has 0 heterocycles. The number of hydrogen-bond donors (Lipinski definition) is 0. The maximum atomic E-state index is 13.3. The van der Waals surface area contributed by atoms with E-state index in [1.54, 1.807) is 24.3 Å². The summed E-state index contributed by atoms with van der Waals surface area (Å²) in [4.78, 5) is 11.6. The lowest BCUT2D eigenvalue weighted by Crippen LogP contribution is -2.13. The second-order valence-electron chi connectivity index (χ2n) is 3.80. The molecule has 2 nitrogen and oxygen atoms in total. The molecule has 0 saturated carbocycles. The molecular formula is C14H10F2O2. The third kappa shape index (κ3) is 2.53. The summed E-state index contributed by atoms with van der Waals surface area (Å²) in [6.07, 6.45) is 0. The molecule has 0 N–H and O–H groups in total. The highest BCUT2D eigenvalue weighted by molar-refractivity contribution is 5.91. The number of rotatable bonds is 2. The van der Waals surface area contributed by atoms with Gasteiger partial charge in [-0.1, -0.05) is 23.8 Å². The number of aryl methyl sites for hydroxylation is 1. The van der Waals surface area contributed by atoms with E-state index in [1.807, 2.05) is 6.92 Å². The van der Waals surface area contributed by atoms with Crippen LogP contribution in [0.4, 0.5) is 8.78 Å². The van der Waals surface area contributed by atoms with Gasteiger partial charge in [-0.25, -0.2) is 13.6 Å². The van der Waals surface area contributed by atoms with Crippen molar-refractivity contribution in [1.82, 2.24) is 0 Å². The summed E-state index contributed by atoms with van der Waals surface area (Å²) < 4.78 is 31.6. The molecule has 18 heavy (non-hydrogen) atoms. The Hall–Kier alpha value is -2.23. The van der Waals surface area contributed by atoms with Crippen molar-refractivity contribution in [3.05, 3.63) is 65.2 Å². The smallest absolute Gasteiger partial charge is 0.349 e. The highest BCUT2D eigenvalue weighted by Crippen LogP contribution is 2.17. The standard InChI is InChI=1S/C14H10F2O2/c1-9-5-7-10(8-6-9)18-14(17)13-11(15)3-2-4-12(13)16/h2-8H,1H3. The van der Waals surface area contributed by atoms with Gasteiger partial charge >= 0.3 is 5.97 Å². The fourth-order valence-electron chi connectivity index (χ4n) is 1.46. The van der Waals surface area contributed by atoms with E-state index in [2.05, 4.69) is 0 Å². The van der Waals surface area contributed by atoms with Gasteiger partial charge in [0.05, 0.1) is 0 Å². The van der Waals surface area contributed by atoms with E-state index < -0.39 is 23.2 Å². The van der Waals surface area contributed by atoms with Gasteiger partial charge in [-0.15, -0.1) is 0 Å². The molecule has 4 heteroatoms. The van der Waals surface area contributed by atoms with Crippen LogP contribution in [0.15, 0.2) is 42.5 Å². The van der Waals surface area contributed by atoms with Gasteiger partial charge in [0.25, 0.3) is 0 Å². The monoisotopic (exact) mass is 248 g/mol. The first-order chi connectivity index (χ1) is 8.58. The van der Waals surface area contributed by atoms with Crippen molar-refractivity contribution in [3.8, 4) is 5.75 Å². The number of esters is 1. The molecule has 0 saturated heterocycles. The molecule has 92 valence electrons. The Bertz CT molecular complexity index is 557. The van der Waals surface area contributed by atoms with Crippen LogP contribution in [0, 0.1) is 18.6 Å². The first-order valence-electron chi connectivity index (χ1n) is 5.31. The number of ether oxygens (including phenoxy) is 1. The first kappa shape index (κ1) is 12.2. The molecule has 2 rings (SSSR count). The minimum atomic E-state index is -1.05. The molecule has 0 amide bonds. The van der Waals surface area contributed by atoms with Gasteiger partial charge in [0.1, 0.15) is 22.9 Å². The van der Waals surface area contributed by atoms with Crippen LogP contribution in [-0.4, -0.2) is 5.97 Å². The zero-order valence-electron chi connectivity index (χ0n) is 9.61. The molecule has 0 atom stereocenters. The van der Waals surface area contributed by atoms with Crippen LogP contribution >= 0.6 is 0 Å².